The summed E-state index contributed by atoms with van der Waals surface area (Å²) in [6.07, 6.45) is 3.31. The molecule has 44 heavy (non-hydrogen) atoms. The summed E-state index contributed by atoms with van der Waals surface area (Å²) in [4.78, 5) is 41.4. The number of carboxylic acid groups (broad SMARTS) is 1. The lowest BCUT2D eigenvalue weighted by Gasteiger charge is -2.14. The number of nitrogens with zero attached hydrogens (tertiary/aromatic N) is 2. The summed E-state index contributed by atoms with van der Waals surface area (Å²) in [6, 6.07) is 24.3. The van der Waals surface area contributed by atoms with E-state index in [1.807, 2.05) is 65.2 Å². The zero-order valence-electron chi connectivity index (χ0n) is 24.6. The maximum atomic E-state index is 12.7. The molecule has 0 spiro atoms. The Morgan fingerprint density at radius 3 is 2.36 bits per heavy atom. The van der Waals surface area contributed by atoms with Gasteiger partial charge in [-0.15, -0.1) is 0 Å². The number of rotatable bonds is 15. The van der Waals surface area contributed by atoms with E-state index in [0.717, 1.165) is 41.8 Å². The number of carbonyl (C=O) groups excluding carboxylic acids is 2. The summed E-state index contributed by atoms with van der Waals surface area (Å²) in [6.45, 7) is 2.99. The SMILES string of the molecule is CCCCc1nc(Cl)c(CNC(=O)CCNC(=O)C(S)Cc2ccccc2)n1Cc1ccc(-c2ccccc2C(=O)O)cc1. The van der Waals surface area contributed by atoms with Gasteiger partial charge in [0.15, 0.2) is 5.15 Å². The molecule has 230 valence electrons. The zero-order valence-corrected chi connectivity index (χ0v) is 26.3. The van der Waals surface area contributed by atoms with E-state index in [1.54, 1.807) is 18.2 Å². The van der Waals surface area contributed by atoms with E-state index in [4.69, 9.17) is 11.6 Å². The number of unbranched alkanes of at least 4 members (excludes halogenated alkanes) is 1. The molecule has 1 atom stereocenters. The molecule has 1 heterocycles. The predicted octanol–water partition coefficient (Wildman–Crippen LogP) is 5.96. The van der Waals surface area contributed by atoms with Gasteiger partial charge in [-0.25, -0.2) is 9.78 Å². The fourth-order valence-electron chi connectivity index (χ4n) is 4.90. The highest BCUT2D eigenvalue weighted by atomic mass is 35.5. The number of imidazole rings is 1. The van der Waals surface area contributed by atoms with Gasteiger partial charge in [0, 0.05) is 25.9 Å². The fraction of sp³-hybridized carbons (Fsp3) is 0.294. The molecule has 10 heteroatoms. The topological polar surface area (TPSA) is 113 Å². The summed E-state index contributed by atoms with van der Waals surface area (Å²) in [5.41, 5.74) is 4.42. The van der Waals surface area contributed by atoms with Crippen molar-refractivity contribution in [2.75, 3.05) is 6.54 Å². The first kappa shape index (κ1) is 32.8. The zero-order chi connectivity index (χ0) is 31.5. The van der Waals surface area contributed by atoms with Crippen molar-refractivity contribution in [1.82, 2.24) is 20.2 Å². The van der Waals surface area contributed by atoms with E-state index >= 15 is 0 Å². The Kier molecular flexibility index (Phi) is 12.0. The smallest absolute Gasteiger partial charge is 0.336 e. The van der Waals surface area contributed by atoms with Gasteiger partial charge in [0.1, 0.15) is 5.82 Å². The molecule has 0 bridgehead atoms. The lowest BCUT2D eigenvalue weighted by molar-refractivity contribution is -0.122. The lowest BCUT2D eigenvalue weighted by atomic mass is 9.99. The van der Waals surface area contributed by atoms with Gasteiger partial charge in [0.25, 0.3) is 0 Å². The number of amides is 2. The molecular formula is C34H37ClN4O4S. The summed E-state index contributed by atoms with van der Waals surface area (Å²) in [5, 5.41) is 15.1. The first-order chi connectivity index (χ1) is 21.3. The number of hydrogen-bond donors (Lipinski definition) is 4. The van der Waals surface area contributed by atoms with Crippen molar-refractivity contribution >= 4 is 42.0 Å². The molecule has 2 amide bonds. The maximum absolute atomic E-state index is 12.7. The van der Waals surface area contributed by atoms with Gasteiger partial charge in [-0.3, -0.25) is 9.59 Å². The second kappa shape index (κ2) is 16.1. The third kappa shape index (κ3) is 8.97. The van der Waals surface area contributed by atoms with Gasteiger partial charge < -0.3 is 20.3 Å². The molecular weight excluding hydrogens is 596 g/mol. The average molecular weight is 633 g/mol. The number of nitrogens with one attached hydrogen (secondary N) is 2. The first-order valence-corrected chi connectivity index (χ1v) is 15.6. The Morgan fingerprint density at radius 2 is 1.66 bits per heavy atom. The molecule has 1 unspecified atom stereocenters. The second-order valence-electron chi connectivity index (χ2n) is 10.5. The number of hydrogen-bond acceptors (Lipinski definition) is 5. The summed E-state index contributed by atoms with van der Waals surface area (Å²) >= 11 is 11.0. The molecule has 0 fully saturated rings. The molecule has 3 N–H and O–H groups in total. The van der Waals surface area contributed by atoms with Crippen LogP contribution in [0, 0.1) is 0 Å². The van der Waals surface area contributed by atoms with Crippen molar-refractivity contribution in [2.24, 2.45) is 0 Å². The van der Waals surface area contributed by atoms with E-state index in [9.17, 15) is 19.5 Å². The van der Waals surface area contributed by atoms with Crippen molar-refractivity contribution in [3.8, 4) is 11.1 Å². The highest BCUT2D eigenvalue weighted by Crippen LogP contribution is 2.26. The third-order valence-corrected chi connectivity index (χ3v) is 8.02. The third-order valence-electron chi connectivity index (χ3n) is 7.30. The molecule has 0 saturated carbocycles. The number of benzene rings is 3. The lowest BCUT2D eigenvalue weighted by Crippen LogP contribution is -2.36. The van der Waals surface area contributed by atoms with E-state index in [0.29, 0.717) is 29.4 Å². The highest BCUT2D eigenvalue weighted by molar-refractivity contribution is 7.81. The maximum Gasteiger partial charge on any atom is 0.336 e. The van der Waals surface area contributed by atoms with Crippen LogP contribution in [0.4, 0.5) is 0 Å². The Morgan fingerprint density at radius 1 is 0.955 bits per heavy atom. The average Bonchev–Trinajstić information content (AvgIpc) is 3.32. The van der Waals surface area contributed by atoms with Crippen molar-refractivity contribution in [2.45, 2.75) is 57.4 Å². The number of aromatic nitrogens is 2. The minimum absolute atomic E-state index is 0.116. The van der Waals surface area contributed by atoms with Crippen molar-refractivity contribution in [3.63, 3.8) is 0 Å². The minimum atomic E-state index is -0.971. The van der Waals surface area contributed by atoms with Crippen molar-refractivity contribution in [3.05, 3.63) is 112 Å². The van der Waals surface area contributed by atoms with E-state index in [-0.39, 0.29) is 36.9 Å². The van der Waals surface area contributed by atoms with Crippen LogP contribution < -0.4 is 10.6 Å². The molecule has 0 radical (unpaired) electrons. The van der Waals surface area contributed by atoms with Crippen molar-refractivity contribution < 1.29 is 19.5 Å². The molecule has 0 aliphatic carbocycles. The summed E-state index contributed by atoms with van der Waals surface area (Å²) < 4.78 is 2.04. The van der Waals surface area contributed by atoms with Crippen LogP contribution in [0.25, 0.3) is 11.1 Å². The van der Waals surface area contributed by atoms with Crippen LogP contribution in [0.15, 0.2) is 78.9 Å². The predicted molar refractivity (Wildman–Crippen MR) is 176 cm³/mol. The van der Waals surface area contributed by atoms with Crippen LogP contribution in [0.2, 0.25) is 5.15 Å². The second-order valence-corrected chi connectivity index (χ2v) is 11.5. The van der Waals surface area contributed by atoms with Crippen LogP contribution in [0.1, 0.15) is 59.2 Å². The number of thiol groups is 1. The first-order valence-electron chi connectivity index (χ1n) is 14.7. The van der Waals surface area contributed by atoms with Gasteiger partial charge in [-0.1, -0.05) is 97.7 Å². The monoisotopic (exact) mass is 632 g/mol. The van der Waals surface area contributed by atoms with E-state index in [2.05, 4.69) is 35.2 Å². The van der Waals surface area contributed by atoms with Crippen LogP contribution in [-0.4, -0.2) is 44.2 Å². The number of aromatic carboxylic acids is 1. The molecule has 8 nitrogen and oxygen atoms in total. The molecule has 0 aliphatic rings. The van der Waals surface area contributed by atoms with Gasteiger partial charge in [0.2, 0.25) is 11.8 Å². The quantitative estimate of drug-likeness (QED) is 0.121. The van der Waals surface area contributed by atoms with Crippen LogP contribution in [0.5, 0.6) is 0 Å². The van der Waals surface area contributed by atoms with Gasteiger partial charge >= 0.3 is 5.97 Å². The summed E-state index contributed by atoms with van der Waals surface area (Å²) in [7, 11) is 0. The summed E-state index contributed by atoms with van der Waals surface area (Å²) in [5.74, 6) is -0.568. The van der Waals surface area contributed by atoms with Crippen LogP contribution in [0.3, 0.4) is 0 Å². The number of carboxylic acids is 1. The Hall–Kier alpha value is -4.08. The largest absolute Gasteiger partial charge is 0.478 e. The molecule has 4 aromatic rings. The van der Waals surface area contributed by atoms with Gasteiger partial charge in [-0.05, 0) is 41.2 Å². The normalized spacial score (nSPS) is 11.6. The minimum Gasteiger partial charge on any atom is -0.478 e. The Balaban J connectivity index is 1.38. The molecule has 0 aliphatic heterocycles. The van der Waals surface area contributed by atoms with Crippen LogP contribution >= 0.6 is 24.2 Å². The standard InChI is InChI=1S/C34H37ClN4O4S/c1-2-3-13-30-38-32(35)28(21-37-31(40)18-19-36-33(41)29(44)20-23-9-5-4-6-10-23)39(30)22-24-14-16-25(17-15-24)26-11-7-8-12-27(26)34(42)43/h4-12,14-17,29,44H,2-3,13,18-22H2,1H3,(H,36,41)(H,37,40)(H,42,43). The molecule has 1 aromatic heterocycles. The van der Waals surface area contributed by atoms with Gasteiger partial charge in [-0.2, -0.15) is 12.6 Å². The fourth-order valence-corrected chi connectivity index (χ4v) is 5.47. The Labute approximate surface area is 268 Å². The molecule has 3 aromatic carbocycles. The van der Waals surface area contributed by atoms with E-state index in [1.165, 1.54) is 0 Å². The Bertz CT molecular complexity index is 1570. The number of aryl methyl sites for hydroxylation is 1. The van der Waals surface area contributed by atoms with Gasteiger partial charge in [0.05, 0.1) is 23.1 Å². The number of halogens is 1. The van der Waals surface area contributed by atoms with Crippen molar-refractivity contribution in [1.29, 1.82) is 0 Å². The highest BCUT2D eigenvalue weighted by Gasteiger charge is 2.18. The molecule has 0 saturated heterocycles. The number of carbonyl (C=O) groups is 3. The van der Waals surface area contributed by atoms with Crippen LogP contribution in [-0.2, 0) is 35.5 Å². The van der Waals surface area contributed by atoms with E-state index < -0.39 is 11.2 Å². The molecule has 4 rings (SSSR count).